The van der Waals surface area contributed by atoms with Crippen molar-refractivity contribution in [2.24, 2.45) is 0 Å². The van der Waals surface area contributed by atoms with Gasteiger partial charge in [0.2, 0.25) is 0 Å². The van der Waals surface area contributed by atoms with Gasteiger partial charge in [-0.15, -0.1) is 0 Å². The molecule has 1 amide bonds. The molecule has 1 aliphatic rings. The second kappa shape index (κ2) is 5.62. The Hall–Kier alpha value is -1.89. The number of nitrogens with one attached hydrogen (secondary N) is 1. The van der Waals surface area contributed by atoms with Crippen molar-refractivity contribution in [1.29, 1.82) is 0 Å². The van der Waals surface area contributed by atoms with E-state index in [9.17, 15) is 14.9 Å². The summed E-state index contributed by atoms with van der Waals surface area (Å²) in [5, 5.41) is 14.1. The van der Waals surface area contributed by atoms with Crippen LogP contribution in [0.3, 0.4) is 0 Å². The molecule has 1 aromatic rings. The highest BCUT2D eigenvalue weighted by molar-refractivity contribution is 5.94. The molecule has 0 radical (unpaired) electrons. The van der Waals surface area contributed by atoms with Gasteiger partial charge in [-0.25, -0.2) is 0 Å². The molecule has 1 aromatic heterocycles. The molecule has 7 heteroatoms. The molecule has 0 bridgehead atoms. The van der Waals surface area contributed by atoms with Crippen molar-refractivity contribution in [2.45, 2.75) is 32.9 Å². The first-order valence-electron chi connectivity index (χ1n) is 6.79. The normalized spacial score (nSPS) is 19.4. The highest BCUT2D eigenvalue weighted by Gasteiger charge is 2.28. The smallest absolute Gasteiger partial charge is 0.287 e. The van der Waals surface area contributed by atoms with Gasteiger partial charge < -0.3 is 14.8 Å². The van der Waals surface area contributed by atoms with Gasteiger partial charge >= 0.3 is 0 Å². The Morgan fingerprint density at radius 2 is 2.25 bits per heavy atom. The van der Waals surface area contributed by atoms with Gasteiger partial charge in [-0.1, -0.05) is 0 Å². The third-order valence-corrected chi connectivity index (χ3v) is 3.58. The van der Waals surface area contributed by atoms with Gasteiger partial charge in [-0.2, -0.15) is 0 Å². The number of hydrogen-bond acceptors (Lipinski definition) is 4. The summed E-state index contributed by atoms with van der Waals surface area (Å²) in [4.78, 5) is 24.8. The number of piperazine rings is 1. The number of amides is 1. The lowest BCUT2D eigenvalue weighted by molar-refractivity contribution is -0.384. The molecule has 1 N–H and O–H groups in total. The van der Waals surface area contributed by atoms with E-state index in [1.807, 2.05) is 20.8 Å². The van der Waals surface area contributed by atoms with E-state index in [0.717, 1.165) is 13.1 Å². The van der Waals surface area contributed by atoms with Crippen LogP contribution in [0.15, 0.2) is 12.3 Å². The Morgan fingerprint density at radius 3 is 2.80 bits per heavy atom. The summed E-state index contributed by atoms with van der Waals surface area (Å²) in [7, 11) is 0. The maximum atomic E-state index is 12.6. The van der Waals surface area contributed by atoms with Crippen LogP contribution in [0.2, 0.25) is 0 Å². The lowest BCUT2D eigenvalue weighted by Crippen LogP contribution is -2.52. The van der Waals surface area contributed by atoms with E-state index in [0.29, 0.717) is 12.2 Å². The fraction of sp³-hybridized carbons (Fsp3) is 0.615. The Kier molecular flexibility index (Phi) is 4.08. The molecule has 1 atom stereocenters. The third kappa shape index (κ3) is 2.67. The minimum absolute atomic E-state index is 0.000807. The fourth-order valence-electron chi connectivity index (χ4n) is 2.45. The maximum Gasteiger partial charge on any atom is 0.287 e. The number of hydrogen-bond donors (Lipinski definition) is 1. The molecule has 1 saturated heterocycles. The van der Waals surface area contributed by atoms with Crippen molar-refractivity contribution in [2.75, 3.05) is 19.6 Å². The van der Waals surface area contributed by atoms with Gasteiger partial charge in [-0.3, -0.25) is 14.9 Å². The van der Waals surface area contributed by atoms with Crippen LogP contribution < -0.4 is 5.32 Å². The van der Waals surface area contributed by atoms with Gasteiger partial charge in [0.25, 0.3) is 11.6 Å². The van der Waals surface area contributed by atoms with Crippen molar-refractivity contribution >= 4 is 11.6 Å². The monoisotopic (exact) mass is 280 g/mol. The van der Waals surface area contributed by atoms with Gasteiger partial charge in [0.15, 0.2) is 0 Å². The minimum atomic E-state index is -0.461. The molecular formula is C13H20N4O3. The van der Waals surface area contributed by atoms with Crippen LogP contribution in [0.5, 0.6) is 0 Å². The predicted molar refractivity (Wildman–Crippen MR) is 74.8 cm³/mol. The van der Waals surface area contributed by atoms with Gasteiger partial charge in [0.1, 0.15) is 5.69 Å². The van der Waals surface area contributed by atoms with Crippen molar-refractivity contribution in [1.82, 2.24) is 14.8 Å². The van der Waals surface area contributed by atoms with Gasteiger partial charge in [-0.05, 0) is 20.8 Å². The Labute approximate surface area is 117 Å². The summed E-state index contributed by atoms with van der Waals surface area (Å²) < 4.78 is 1.68. The van der Waals surface area contributed by atoms with E-state index in [1.165, 1.54) is 12.3 Å². The van der Waals surface area contributed by atoms with Crippen LogP contribution in [0.1, 0.15) is 37.3 Å². The van der Waals surface area contributed by atoms with E-state index < -0.39 is 4.92 Å². The number of aromatic nitrogens is 1. The molecule has 110 valence electrons. The summed E-state index contributed by atoms with van der Waals surface area (Å²) in [5.74, 6) is -0.138. The number of carbonyl (C=O) groups is 1. The van der Waals surface area contributed by atoms with Crippen LogP contribution in [0, 0.1) is 10.1 Å². The maximum absolute atomic E-state index is 12.6. The van der Waals surface area contributed by atoms with E-state index in [-0.39, 0.29) is 23.7 Å². The van der Waals surface area contributed by atoms with E-state index in [2.05, 4.69) is 5.32 Å². The summed E-state index contributed by atoms with van der Waals surface area (Å²) >= 11 is 0. The lowest BCUT2D eigenvalue weighted by atomic mass is 10.2. The standard InChI is InChI=1S/C13H20N4O3/c1-9(2)16-8-11(17(19)20)6-12(16)13(18)15-5-4-14-7-10(15)3/h6,8-10,14H,4-5,7H2,1-3H3/t10-/m0/s1. The summed E-state index contributed by atoms with van der Waals surface area (Å²) in [6, 6.07) is 1.46. The number of nitrogens with zero attached hydrogens (tertiary/aromatic N) is 3. The molecule has 0 aliphatic carbocycles. The predicted octanol–water partition coefficient (Wildman–Crippen LogP) is 1.41. The van der Waals surface area contributed by atoms with Crippen molar-refractivity contribution in [3.8, 4) is 0 Å². The number of nitro groups is 1. The van der Waals surface area contributed by atoms with E-state index in [1.54, 1.807) is 9.47 Å². The molecular weight excluding hydrogens is 260 g/mol. The van der Waals surface area contributed by atoms with E-state index >= 15 is 0 Å². The van der Waals surface area contributed by atoms with Crippen molar-refractivity contribution in [3.05, 3.63) is 28.1 Å². The largest absolute Gasteiger partial charge is 0.335 e. The molecule has 0 spiro atoms. The molecule has 1 aliphatic heterocycles. The topological polar surface area (TPSA) is 80.4 Å². The molecule has 7 nitrogen and oxygen atoms in total. The Balaban J connectivity index is 2.35. The summed E-state index contributed by atoms with van der Waals surface area (Å²) in [6.45, 7) is 7.90. The molecule has 20 heavy (non-hydrogen) atoms. The molecule has 1 fully saturated rings. The van der Waals surface area contributed by atoms with Crippen LogP contribution in [-0.4, -0.2) is 46.0 Å². The zero-order chi connectivity index (χ0) is 14.9. The first kappa shape index (κ1) is 14.5. The molecule has 2 heterocycles. The van der Waals surface area contributed by atoms with Crippen molar-refractivity contribution in [3.63, 3.8) is 0 Å². The number of carbonyl (C=O) groups excluding carboxylic acids is 1. The van der Waals surface area contributed by atoms with Crippen LogP contribution in [0.25, 0.3) is 0 Å². The van der Waals surface area contributed by atoms with Crippen molar-refractivity contribution < 1.29 is 9.72 Å². The highest BCUT2D eigenvalue weighted by atomic mass is 16.6. The second-order valence-electron chi connectivity index (χ2n) is 5.39. The lowest BCUT2D eigenvalue weighted by Gasteiger charge is -2.34. The van der Waals surface area contributed by atoms with Crippen LogP contribution in [-0.2, 0) is 0 Å². The zero-order valence-electron chi connectivity index (χ0n) is 12.0. The number of rotatable bonds is 3. The van der Waals surface area contributed by atoms with E-state index in [4.69, 9.17) is 0 Å². The SMILES string of the molecule is CC(C)n1cc([N+](=O)[O-])cc1C(=O)N1CCNC[C@@H]1C. The van der Waals surface area contributed by atoms with Gasteiger partial charge in [0.05, 0.1) is 11.1 Å². The summed E-state index contributed by atoms with van der Waals surface area (Å²) in [5.41, 5.74) is 0.352. The molecule has 0 aromatic carbocycles. The third-order valence-electron chi connectivity index (χ3n) is 3.58. The molecule has 0 unspecified atom stereocenters. The quantitative estimate of drug-likeness (QED) is 0.670. The second-order valence-corrected chi connectivity index (χ2v) is 5.39. The average molecular weight is 280 g/mol. The van der Waals surface area contributed by atoms with Gasteiger partial charge in [0, 0.05) is 37.8 Å². The average Bonchev–Trinajstić information content (AvgIpc) is 2.84. The van der Waals surface area contributed by atoms with Crippen LogP contribution in [0.4, 0.5) is 5.69 Å². The summed E-state index contributed by atoms with van der Waals surface area (Å²) in [6.07, 6.45) is 1.44. The molecule has 0 saturated carbocycles. The minimum Gasteiger partial charge on any atom is -0.335 e. The fourth-order valence-corrected chi connectivity index (χ4v) is 2.45. The Bertz CT molecular complexity index is 524. The first-order valence-corrected chi connectivity index (χ1v) is 6.79. The molecule has 2 rings (SSSR count). The Morgan fingerprint density at radius 1 is 1.55 bits per heavy atom. The first-order chi connectivity index (χ1) is 9.41. The zero-order valence-corrected chi connectivity index (χ0v) is 12.0. The van der Waals surface area contributed by atoms with Crippen LogP contribution >= 0.6 is 0 Å². The highest BCUT2D eigenvalue weighted by Crippen LogP contribution is 2.22.